The molecule has 0 radical (unpaired) electrons. The Labute approximate surface area is 149 Å². The number of hydrogen-bond acceptors (Lipinski definition) is 4. The van der Waals surface area contributed by atoms with E-state index in [1.165, 1.54) is 6.07 Å². The molecule has 0 unspecified atom stereocenters. The molecule has 26 heavy (non-hydrogen) atoms. The maximum Gasteiger partial charge on any atom is 0.264 e. The summed E-state index contributed by atoms with van der Waals surface area (Å²) in [6.45, 7) is 0. The number of nitrogen functional groups attached to an aromatic ring is 1. The summed E-state index contributed by atoms with van der Waals surface area (Å²) in [5.74, 6) is -1.94. The second-order valence-corrected chi connectivity index (χ2v) is 8.46. The van der Waals surface area contributed by atoms with Gasteiger partial charge >= 0.3 is 0 Å². The molecule has 5 nitrogen and oxygen atoms in total. The van der Waals surface area contributed by atoms with Gasteiger partial charge in [-0.25, -0.2) is 17.2 Å². The minimum atomic E-state index is -4.27. The number of nitrogens with one attached hydrogen (secondary N) is 1. The van der Waals surface area contributed by atoms with E-state index in [0.29, 0.717) is 11.8 Å². The van der Waals surface area contributed by atoms with E-state index in [9.17, 15) is 22.0 Å². The zero-order valence-electron chi connectivity index (χ0n) is 13.7. The van der Waals surface area contributed by atoms with E-state index >= 15 is 0 Å². The first-order valence-electron chi connectivity index (χ1n) is 8.17. The molecule has 0 heterocycles. The minimum absolute atomic E-state index is 0.107. The summed E-state index contributed by atoms with van der Waals surface area (Å²) in [4.78, 5) is 11.7. The van der Waals surface area contributed by atoms with Crippen molar-refractivity contribution >= 4 is 27.2 Å². The van der Waals surface area contributed by atoms with Crippen LogP contribution in [0.3, 0.4) is 0 Å². The number of carbonyl (C=O) groups is 1. The molecule has 1 fully saturated rings. The van der Waals surface area contributed by atoms with Crippen LogP contribution >= 0.6 is 0 Å². The third kappa shape index (κ3) is 2.39. The van der Waals surface area contributed by atoms with Crippen LogP contribution < -0.4 is 10.5 Å². The third-order valence-corrected chi connectivity index (χ3v) is 6.73. The Morgan fingerprint density at radius 3 is 2.46 bits per heavy atom. The van der Waals surface area contributed by atoms with Crippen molar-refractivity contribution < 1.29 is 22.0 Å². The van der Waals surface area contributed by atoms with Crippen LogP contribution in [-0.2, 0) is 26.7 Å². The highest BCUT2D eigenvalue weighted by Crippen LogP contribution is 2.52. The zero-order valence-corrected chi connectivity index (χ0v) is 14.5. The summed E-state index contributed by atoms with van der Waals surface area (Å²) in [5.41, 5.74) is 7.45. The summed E-state index contributed by atoms with van der Waals surface area (Å²) in [6.07, 6.45) is 2.63. The molecule has 2 aromatic rings. The van der Waals surface area contributed by atoms with E-state index in [1.54, 1.807) is 6.07 Å². The Morgan fingerprint density at radius 2 is 1.85 bits per heavy atom. The largest absolute Gasteiger partial charge is 0.398 e. The number of benzene rings is 2. The molecular formula is C18H16F2N2O3S. The monoisotopic (exact) mass is 378 g/mol. The van der Waals surface area contributed by atoms with Crippen LogP contribution in [-0.4, -0.2) is 14.2 Å². The van der Waals surface area contributed by atoms with Crippen molar-refractivity contribution in [1.82, 2.24) is 0 Å². The maximum atomic E-state index is 13.9. The van der Waals surface area contributed by atoms with E-state index in [4.69, 9.17) is 5.73 Å². The Balaban J connectivity index is 1.74. The molecule has 0 atom stereocenters. The molecule has 0 aromatic heterocycles. The van der Waals surface area contributed by atoms with Gasteiger partial charge < -0.3 is 5.73 Å². The van der Waals surface area contributed by atoms with Gasteiger partial charge in [0.25, 0.3) is 10.0 Å². The summed E-state index contributed by atoms with van der Waals surface area (Å²) >= 11 is 0. The van der Waals surface area contributed by atoms with Crippen LogP contribution in [0.1, 0.15) is 30.4 Å². The molecule has 0 saturated heterocycles. The lowest BCUT2D eigenvalue weighted by atomic mass is 9.64. The molecule has 1 saturated carbocycles. The first kappa shape index (κ1) is 17.0. The molecule has 2 aliphatic rings. The topological polar surface area (TPSA) is 89.3 Å². The van der Waals surface area contributed by atoms with Gasteiger partial charge in [0.05, 0.1) is 11.1 Å². The van der Waals surface area contributed by atoms with Crippen LogP contribution in [0, 0.1) is 11.6 Å². The predicted octanol–water partition coefficient (Wildman–Crippen LogP) is 2.89. The van der Waals surface area contributed by atoms with Gasteiger partial charge in [-0.15, -0.1) is 0 Å². The van der Waals surface area contributed by atoms with Gasteiger partial charge in [-0.1, -0.05) is 6.42 Å². The lowest BCUT2D eigenvalue weighted by Gasteiger charge is -2.37. The molecule has 0 amide bonds. The van der Waals surface area contributed by atoms with Crippen molar-refractivity contribution in [2.24, 2.45) is 0 Å². The lowest BCUT2D eigenvalue weighted by molar-refractivity contribution is -0.125. The summed E-state index contributed by atoms with van der Waals surface area (Å²) in [6, 6.07) is 5.27. The van der Waals surface area contributed by atoms with Gasteiger partial charge in [0.15, 0.2) is 0 Å². The number of hydrogen-bond donors (Lipinski definition) is 2. The fourth-order valence-electron chi connectivity index (χ4n) is 3.84. The first-order chi connectivity index (χ1) is 12.2. The summed E-state index contributed by atoms with van der Waals surface area (Å²) in [7, 11) is -4.27. The fraction of sp³-hybridized carbons (Fsp3) is 0.278. The Kier molecular flexibility index (Phi) is 3.59. The minimum Gasteiger partial charge on any atom is -0.398 e. The van der Waals surface area contributed by atoms with Gasteiger partial charge in [-0.3, -0.25) is 9.52 Å². The highest BCUT2D eigenvalue weighted by Gasteiger charge is 2.51. The van der Waals surface area contributed by atoms with E-state index in [0.717, 1.165) is 42.5 Å². The van der Waals surface area contributed by atoms with Gasteiger partial charge in [0.2, 0.25) is 0 Å². The van der Waals surface area contributed by atoms with Crippen molar-refractivity contribution in [1.29, 1.82) is 0 Å². The average molecular weight is 378 g/mol. The molecule has 136 valence electrons. The highest BCUT2D eigenvalue weighted by molar-refractivity contribution is 7.92. The van der Waals surface area contributed by atoms with Gasteiger partial charge in [0.1, 0.15) is 22.3 Å². The predicted molar refractivity (Wildman–Crippen MR) is 92.3 cm³/mol. The Hall–Kier alpha value is -2.48. The SMILES string of the molecule is Nc1cc(NS(=O)(=O)c2ccc(F)cc2F)cc2c1CC(=O)C21CCC1. The van der Waals surface area contributed by atoms with Crippen LogP contribution in [0.5, 0.6) is 0 Å². The first-order valence-corrected chi connectivity index (χ1v) is 9.65. The smallest absolute Gasteiger partial charge is 0.264 e. The van der Waals surface area contributed by atoms with Crippen molar-refractivity contribution in [3.63, 3.8) is 0 Å². The summed E-state index contributed by atoms with van der Waals surface area (Å²) in [5, 5.41) is 0. The number of anilines is 2. The molecule has 0 bridgehead atoms. The summed E-state index contributed by atoms with van der Waals surface area (Å²) < 4.78 is 54.1. The van der Waals surface area contributed by atoms with E-state index < -0.39 is 32.0 Å². The number of ketones is 1. The van der Waals surface area contributed by atoms with Crippen LogP contribution in [0.2, 0.25) is 0 Å². The Morgan fingerprint density at radius 1 is 1.12 bits per heavy atom. The number of sulfonamides is 1. The number of nitrogens with two attached hydrogens (primary N) is 1. The van der Waals surface area contributed by atoms with E-state index in [1.807, 2.05) is 0 Å². The fourth-order valence-corrected chi connectivity index (χ4v) is 4.94. The van der Waals surface area contributed by atoms with Crippen molar-refractivity contribution in [2.45, 2.75) is 36.0 Å². The third-order valence-electron chi connectivity index (χ3n) is 5.31. The second-order valence-electron chi connectivity index (χ2n) is 6.81. The molecule has 1 spiro atoms. The van der Waals surface area contributed by atoms with Gasteiger partial charge in [-0.2, -0.15) is 0 Å². The van der Waals surface area contributed by atoms with Gasteiger partial charge in [0, 0.05) is 18.2 Å². The standard InChI is InChI=1S/C18H16F2N2O3S/c19-10-2-3-16(14(20)6-10)26(24,25)22-11-7-13-12(15(21)8-11)9-17(23)18(13)4-1-5-18/h2-3,6-8,22H,1,4-5,9,21H2. The normalized spacial score (nSPS) is 17.8. The van der Waals surface area contributed by atoms with Crippen molar-refractivity contribution in [3.8, 4) is 0 Å². The van der Waals surface area contributed by atoms with Gasteiger partial charge in [-0.05, 0) is 48.2 Å². The van der Waals surface area contributed by atoms with Crippen LogP contribution in [0.15, 0.2) is 35.2 Å². The molecule has 8 heteroatoms. The van der Waals surface area contributed by atoms with Crippen molar-refractivity contribution in [3.05, 3.63) is 53.1 Å². The second kappa shape index (κ2) is 5.51. The Bertz CT molecular complexity index is 1050. The molecule has 2 aliphatic carbocycles. The number of rotatable bonds is 3. The zero-order chi connectivity index (χ0) is 18.7. The molecule has 0 aliphatic heterocycles. The molecule has 3 N–H and O–H groups in total. The van der Waals surface area contributed by atoms with Crippen molar-refractivity contribution in [2.75, 3.05) is 10.5 Å². The number of Topliss-reactive ketones (excluding diaryl/α,β-unsaturated/α-hetero) is 1. The number of carbonyl (C=O) groups excluding carboxylic acids is 1. The number of halogens is 2. The van der Waals surface area contributed by atoms with E-state index in [2.05, 4.69) is 4.72 Å². The maximum absolute atomic E-state index is 13.9. The molecular weight excluding hydrogens is 362 g/mol. The quantitative estimate of drug-likeness (QED) is 0.804. The average Bonchev–Trinajstić information content (AvgIpc) is 2.79. The number of fused-ring (bicyclic) bond motifs is 2. The van der Waals surface area contributed by atoms with Crippen LogP contribution in [0.25, 0.3) is 0 Å². The lowest BCUT2D eigenvalue weighted by Crippen LogP contribution is -2.39. The molecule has 2 aromatic carbocycles. The molecule has 4 rings (SSSR count). The van der Waals surface area contributed by atoms with Crippen LogP contribution in [0.4, 0.5) is 20.2 Å². The van der Waals surface area contributed by atoms with E-state index in [-0.39, 0.29) is 17.9 Å². The highest BCUT2D eigenvalue weighted by atomic mass is 32.2.